The first-order valence-electron chi connectivity index (χ1n) is 5.05. The maximum atomic E-state index is 10.5. The van der Waals surface area contributed by atoms with Crippen molar-refractivity contribution in [2.75, 3.05) is 18.5 Å². The number of carboxylic acid groups (broad SMARTS) is 1. The second-order valence-corrected chi connectivity index (χ2v) is 3.61. The van der Waals surface area contributed by atoms with Gasteiger partial charge in [-0.3, -0.25) is 4.79 Å². The highest BCUT2D eigenvalue weighted by Crippen LogP contribution is 2.15. The van der Waals surface area contributed by atoms with Crippen molar-refractivity contribution in [3.63, 3.8) is 0 Å². The van der Waals surface area contributed by atoms with E-state index in [1.807, 2.05) is 18.3 Å². The molecule has 17 heavy (non-hydrogen) atoms. The molecule has 6 heteroatoms. The average Bonchev–Trinajstić information content (AvgIpc) is 2.82. The molecule has 2 rings (SSSR count). The largest absolute Gasteiger partial charge is 0.480 e. The highest BCUT2D eigenvalue weighted by Gasteiger charge is 2.08. The number of aliphatic carboxylic acids is 1. The van der Waals surface area contributed by atoms with Crippen molar-refractivity contribution in [3.05, 3.63) is 30.7 Å². The van der Waals surface area contributed by atoms with Gasteiger partial charge in [0.1, 0.15) is 6.54 Å². The molecule has 0 saturated carbocycles. The molecule has 0 unspecified atom stereocenters. The Bertz CT molecular complexity index is 493. The van der Waals surface area contributed by atoms with Crippen molar-refractivity contribution < 1.29 is 9.90 Å². The molecule has 0 aliphatic rings. The number of rotatable bonds is 4. The Balaban J connectivity index is 2.15. The molecular formula is C11H12N4O2. The quantitative estimate of drug-likeness (QED) is 0.821. The highest BCUT2D eigenvalue weighted by molar-refractivity contribution is 5.72. The lowest BCUT2D eigenvalue weighted by atomic mass is 10.2. The smallest absolute Gasteiger partial charge is 0.323 e. The van der Waals surface area contributed by atoms with E-state index in [1.165, 1.54) is 4.90 Å². The highest BCUT2D eigenvalue weighted by atomic mass is 16.4. The normalized spacial score (nSPS) is 10.2. The van der Waals surface area contributed by atoms with Crippen LogP contribution in [-0.2, 0) is 4.79 Å². The maximum Gasteiger partial charge on any atom is 0.323 e. The zero-order chi connectivity index (χ0) is 12.3. The molecule has 2 N–H and O–H groups in total. The molecule has 0 saturated heterocycles. The van der Waals surface area contributed by atoms with Crippen molar-refractivity contribution in [2.24, 2.45) is 0 Å². The molecule has 0 bridgehead atoms. The van der Waals surface area contributed by atoms with Crippen LogP contribution in [0, 0.1) is 0 Å². The number of aromatic amines is 1. The van der Waals surface area contributed by atoms with Crippen LogP contribution in [0.15, 0.2) is 30.7 Å². The number of carbonyl (C=O) groups is 1. The Labute approximate surface area is 97.9 Å². The number of anilines is 1. The van der Waals surface area contributed by atoms with Gasteiger partial charge in [0.05, 0.1) is 0 Å². The van der Waals surface area contributed by atoms with Crippen LogP contribution in [0.4, 0.5) is 5.95 Å². The Morgan fingerprint density at radius 3 is 2.71 bits per heavy atom. The van der Waals surface area contributed by atoms with Crippen LogP contribution >= 0.6 is 0 Å². The summed E-state index contributed by atoms with van der Waals surface area (Å²) in [5, 5.41) is 8.65. The Hall–Kier alpha value is -2.37. The van der Waals surface area contributed by atoms with Crippen LogP contribution in [0.1, 0.15) is 0 Å². The Kier molecular flexibility index (Phi) is 3.04. The molecule has 0 radical (unpaired) electrons. The standard InChI is InChI=1S/C11H12N4O2/c1-15(7-10(16)17)11-13-5-8(6-14-11)9-3-2-4-12-9/h2-6,12H,7H2,1H3,(H,16,17). The van der Waals surface area contributed by atoms with Gasteiger partial charge in [-0.1, -0.05) is 0 Å². The molecule has 6 nitrogen and oxygen atoms in total. The monoisotopic (exact) mass is 232 g/mol. The van der Waals surface area contributed by atoms with Crippen LogP contribution in [-0.4, -0.2) is 39.6 Å². The van der Waals surface area contributed by atoms with Crippen molar-refractivity contribution in [3.8, 4) is 11.3 Å². The zero-order valence-electron chi connectivity index (χ0n) is 9.29. The molecule has 0 aliphatic heterocycles. The number of aromatic nitrogens is 3. The van der Waals surface area contributed by atoms with E-state index >= 15 is 0 Å². The number of carboxylic acids is 1. The fourth-order valence-electron chi connectivity index (χ4n) is 1.44. The third-order valence-electron chi connectivity index (χ3n) is 2.26. The fraction of sp³-hybridized carbons (Fsp3) is 0.182. The van der Waals surface area contributed by atoms with E-state index in [4.69, 9.17) is 5.11 Å². The third-order valence-corrected chi connectivity index (χ3v) is 2.26. The Morgan fingerprint density at radius 2 is 2.18 bits per heavy atom. The lowest BCUT2D eigenvalue weighted by molar-refractivity contribution is -0.135. The molecule has 0 spiro atoms. The van der Waals surface area contributed by atoms with Gasteiger partial charge in [-0.15, -0.1) is 0 Å². The maximum absolute atomic E-state index is 10.5. The topological polar surface area (TPSA) is 82.1 Å². The van der Waals surface area contributed by atoms with E-state index in [1.54, 1.807) is 19.4 Å². The Morgan fingerprint density at radius 1 is 1.47 bits per heavy atom. The number of H-pyrrole nitrogens is 1. The molecule has 0 atom stereocenters. The molecular weight excluding hydrogens is 220 g/mol. The molecule has 2 aromatic rings. The van der Waals surface area contributed by atoms with Gasteiger partial charge in [0.25, 0.3) is 0 Å². The average molecular weight is 232 g/mol. The summed E-state index contributed by atoms with van der Waals surface area (Å²) in [6.45, 7) is -0.123. The predicted octanol–water partition coefficient (Wildman–Crippen LogP) is 0.992. The first-order valence-corrected chi connectivity index (χ1v) is 5.05. The first-order chi connectivity index (χ1) is 8.16. The minimum absolute atomic E-state index is 0.123. The van der Waals surface area contributed by atoms with Gasteiger partial charge in [0.15, 0.2) is 0 Å². The number of nitrogens with one attached hydrogen (secondary N) is 1. The molecule has 0 aliphatic carbocycles. The second kappa shape index (κ2) is 4.65. The van der Waals surface area contributed by atoms with E-state index < -0.39 is 5.97 Å². The van der Waals surface area contributed by atoms with Gasteiger partial charge in [0, 0.05) is 36.9 Å². The molecule has 0 amide bonds. The van der Waals surface area contributed by atoms with Gasteiger partial charge >= 0.3 is 5.97 Å². The van der Waals surface area contributed by atoms with E-state index in [2.05, 4.69) is 15.0 Å². The fourth-order valence-corrected chi connectivity index (χ4v) is 1.44. The summed E-state index contributed by atoms with van der Waals surface area (Å²) in [5.74, 6) is -0.521. The van der Waals surface area contributed by atoms with E-state index in [9.17, 15) is 4.79 Å². The first kappa shape index (κ1) is 11.1. The summed E-state index contributed by atoms with van der Waals surface area (Å²) < 4.78 is 0. The lowest BCUT2D eigenvalue weighted by Gasteiger charge is -2.13. The predicted molar refractivity (Wildman–Crippen MR) is 62.7 cm³/mol. The summed E-state index contributed by atoms with van der Waals surface area (Å²) in [6.07, 6.45) is 5.14. The van der Waals surface area contributed by atoms with Gasteiger partial charge in [-0.25, -0.2) is 9.97 Å². The van der Waals surface area contributed by atoms with E-state index in [0.717, 1.165) is 11.3 Å². The van der Waals surface area contributed by atoms with Crippen LogP contribution in [0.3, 0.4) is 0 Å². The molecule has 2 aromatic heterocycles. The number of hydrogen-bond acceptors (Lipinski definition) is 4. The summed E-state index contributed by atoms with van der Waals surface area (Å²) in [7, 11) is 1.64. The van der Waals surface area contributed by atoms with Crippen LogP contribution < -0.4 is 4.90 Å². The number of hydrogen-bond donors (Lipinski definition) is 2. The second-order valence-electron chi connectivity index (χ2n) is 3.61. The summed E-state index contributed by atoms with van der Waals surface area (Å²) >= 11 is 0. The van der Waals surface area contributed by atoms with Crippen LogP contribution in [0.25, 0.3) is 11.3 Å². The van der Waals surface area contributed by atoms with Gasteiger partial charge in [-0.2, -0.15) is 0 Å². The number of nitrogens with zero attached hydrogens (tertiary/aromatic N) is 3. The molecule has 88 valence electrons. The summed E-state index contributed by atoms with van der Waals surface area (Å²) in [6, 6.07) is 3.80. The lowest BCUT2D eigenvalue weighted by Crippen LogP contribution is -2.26. The third kappa shape index (κ3) is 2.60. The van der Waals surface area contributed by atoms with Gasteiger partial charge < -0.3 is 15.0 Å². The van der Waals surface area contributed by atoms with Crippen LogP contribution in [0.2, 0.25) is 0 Å². The minimum atomic E-state index is -0.912. The SMILES string of the molecule is CN(CC(=O)O)c1ncc(-c2ccc[nH]2)cn1. The van der Waals surface area contributed by atoms with Gasteiger partial charge in [-0.05, 0) is 12.1 Å². The van der Waals surface area contributed by atoms with Gasteiger partial charge in [0.2, 0.25) is 5.95 Å². The number of likely N-dealkylation sites (N-methyl/N-ethyl adjacent to an activating group) is 1. The van der Waals surface area contributed by atoms with Crippen molar-refractivity contribution in [1.82, 2.24) is 15.0 Å². The summed E-state index contributed by atoms with van der Waals surface area (Å²) in [4.78, 5) is 23.3. The molecule has 2 heterocycles. The summed E-state index contributed by atoms with van der Waals surface area (Å²) in [5.41, 5.74) is 1.79. The molecule has 0 fully saturated rings. The minimum Gasteiger partial charge on any atom is -0.480 e. The van der Waals surface area contributed by atoms with E-state index in [0.29, 0.717) is 5.95 Å². The molecule has 0 aromatic carbocycles. The van der Waals surface area contributed by atoms with E-state index in [-0.39, 0.29) is 6.54 Å². The van der Waals surface area contributed by atoms with Crippen molar-refractivity contribution in [2.45, 2.75) is 0 Å². The van der Waals surface area contributed by atoms with Crippen molar-refractivity contribution in [1.29, 1.82) is 0 Å². The van der Waals surface area contributed by atoms with Crippen LogP contribution in [0.5, 0.6) is 0 Å². The zero-order valence-corrected chi connectivity index (χ0v) is 9.29. The van der Waals surface area contributed by atoms with Crippen molar-refractivity contribution >= 4 is 11.9 Å².